The van der Waals surface area contributed by atoms with Gasteiger partial charge in [0.15, 0.2) is 0 Å². The van der Waals surface area contributed by atoms with Crippen molar-refractivity contribution in [2.24, 2.45) is 0 Å². The fourth-order valence-corrected chi connectivity index (χ4v) is 3.26. The normalized spacial score (nSPS) is 14.1. The van der Waals surface area contributed by atoms with Crippen LogP contribution in [0.1, 0.15) is 47.1 Å². The number of rotatable bonds is 4. The van der Waals surface area contributed by atoms with Crippen LogP contribution in [0.4, 0.5) is 0 Å². The highest BCUT2D eigenvalue weighted by Crippen LogP contribution is 2.42. The summed E-state index contributed by atoms with van der Waals surface area (Å²) >= 11 is 0. The number of furan rings is 1. The Kier molecular flexibility index (Phi) is 5.06. The van der Waals surface area contributed by atoms with Crippen molar-refractivity contribution in [1.29, 1.82) is 0 Å². The summed E-state index contributed by atoms with van der Waals surface area (Å²) in [6.07, 6.45) is 0. The second-order valence-electron chi connectivity index (χ2n) is 9.26. The summed E-state index contributed by atoms with van der Waals surface area (Å²) in [5.41, 5.74) is 1.01. The summed E-state index contributed by atoms with van der Waals surface area (Å²) in [6.45, 7) is 24.3. The van der Waals surface area contributed by atoms with Crippen molar-refractivity contribution in [1.82, 2.24) is 0 Å². The smallest absolute Gasteiger partial charge is 0.276 e. The van der Waals surface area contributed by atoms with E-state index in [1.807, 2.05) is 13.0 Å². The third kappa shape index (κ3) is 4.19. The van der Waals surface area contributed by atoms with Crippen LogP contribution in [0.3, 0.4) is 0 Å². The molecule has 0 aromatic carbocycles. The molecule has 0 aliphatic heterocycles. The Bertz CT molecular complexity index is 517. The lowest BCUT2D eigenvalue weighted by atomic mass is 10.2. The summed E-state index contributed by atoms with van der Waals surface area (Å²) in [5.74, 6) is 1.22. The third-order valence-electron chi connectivity index (χ3n) is 5.17. The Morgan fingerprint density at radius 2 is 1.23 bits per heavy atom. The van der Waals surface area contributed by atoms with E-state index in [0.717, 1.165) is 5.56 Å². The molecule has 3 nitrogen and oxygen atoms in total. The monoisotopic (exact) mass is 342 g/mol. The van der Waals surface area contributed by atoms with Crippen LogP contribution in [-0.2, 0) is 0 Å². The maximum Gasteiger partial charge on any atom is 0.276 e. The standard InChI is InChI=1S/C17H34O3Si2/c1-13-12-14(19-21(8,9)16(2,3)4)18-15(13)20-22(10,11)17(5,6)7/h12H,1-11H3. The highest BCUT2D eigenvalue weighted by atomic mass is 28.4. The minimum atomic E-state index is -1.90. The fourth-order valence-electron chi connectivity index (χ4n) is 1.38. The summed E-state index contributed by atoms with van der Waals surface area (Å²) < 4.78 is 18.4. The van der Waals surface area contributed by atoms with Gasteiger partial charge in [-0.2, -0.15) is 0 Å². The molecule has 5 heteroatoms. The van der Waals surface area contributed by atoms with Crippen LogP contribution >= 0.6 is 0 Å². The van der Waals surface area contributed by atoms with E-state index in [-0.39, 0.29) is 10.1 Å². The predicted molar refractivity (Wildman–Crippen MR) is 99.1 cm³/mol. The summed E-state index contributed by atoms with van der Waals surface area (Å²) in [5, 5.41) is 0.292. The van der Waals surface area contributed by atoms with E-state index < -0.39 is 16.6 Å². The Morgan fingerprint density at radius 1 is 0.818 bits per heavy atom. The van der Waals surface area contributed by atoms with E-state index in [9.17, 15) is 0 Å². The van der Waals surface area contributed by atoms with E-state index in [1.165, 1.54) is 0 Å². The number of aryl methyl sites for hydroxylation is 1. The molecular weight excluding hydrogens is 308 g/mol. The minimum absolute atomic E-state index is 0.146. The molecule has 0 N–H and O–H groups in total. The zero-order valence-electron chi connectivity index (χ0n) is 16.3. The quantitative estimate of drug-likeness (QED) is 0.597. The van der Waals surface area contributed by atoms with E-state index in [0.29, 0.717) is 11.9 Å². The maximum atomic E-state index is 6.29. The molecule has 0 saturated heterocycles. The lowest BCUT2D eigenvalue weighted by Gasteiger charge is -2.36. The Hall–Kier alpha value is -0.686. The number of hydrogen-bond donors (Lipinski definition) is 0. The van der Waals surface area contributed by atoms with Crippen molar-refractivity contribution < 1.29 is 13.3 Å². The van der Waals surface area contributed by atoms with Gasteiger partial charge in [-0.05, 0) is 43.2 Å². The van der Waals surface area contributed by atoms with Gasteiger partial charge in [0.2, 0.25) is 0 Å². The van der Waals surface area contributed by atoms with Gasteiger partial charge in [-0.3, -0.25) is 0 Å². The largest absolute Gasteiger partial charge is 0.519 e. The molecular formula is C17H34O3Si2. The maximum absolute atomic E-state index is 6.29. The van der Waals surface area contributed by atoms with Crippen LogP contribution < -0.4 is 8.85 Å². The molecule has 1 aromatic rings. The second-order valence-corrected chi connectivity index (χ2v) is 18.7. The molecule has 0 amide bonds. The molecule has 0 unspecified atom stereocenters. The molecule has 1 aromatic heterocycles. The van der Waals surface area contributed by atoms with Crippen molar-refractivity contribution in [3.63, 3.8) is 0 Å². The van der Waals surface area contributed by atoms with Gasteiger partial charge in [0.1, 0.15) is 0 Å². The highest BCUT2D eigenvalue weighted by Gasteiger charge is 2.42. The summed E-state index contributed by atoms with van der Waals surface area (Å²) in [6, 6.07) is 1.96. The van der Waals surface area contributed by atoms with Crippen molar-refractivity contribution in [3.05, 3.63) is 11.6 Å². The number of hydrogen-bond acceptors (Lipinski definition) is 3. The molecule has 0 fully saturated rings. The van der Waals surface area contributed by atoms with E-state index in [2.05, 4.69) is 67.7 Å². The van der Waals surface area contributed by atoms with Gasteiger partial charge < -0.3 is 13.3 Å². The molecule has 0 saturated carbocycles. The van der Waals surface area contributed by atoms with Gasteiger partial charge in [0.25, 0.3) is 28.5 Å². The topological polar surface area (TPSA) is 31.6 Å². The Morgan fingerprint density at radius 3 is 1.64 bits per heavy atom. The molecule has 128 valence electrons. The van der Waals surface area contributed by atoms with Gasteiger partial charge in [0, 0.05) is 11.6 Å². The predicted octanol–water partition coefficient (Wildman–Crippen LogP) is 6.36. The minimum Gasteiger partial charge on any atom is -0.519 e. The average Bonchev–Trinajstić information content (AvgIpc) is 2.53. The Labute approximate surface area is 138 Å². The first-order valence-electron chi connectivity index (χ1n) is 8.05. The molecule has 0 aliphatic carbocycles. The summed E-state index contributed by atoms with van der Waals surface area (Å²) in [4.78, 5) is 0. The van der Waals surface area contributed by atoms with Crippen LogP contribution in [0.15, 0.2) is 10.5 Å². The zero-order valence-corrected chi connectivity index (χ0v) is 18.3. The lowest BCUT2D eigenvalue weighted by Crippen LogP contribution is -2.44. The van der Waals surface area contributed by atoms with Gasteiger partial charge in [-0.15, -0.1) is 0 Å². The molecule has 1 heterocycles. The first kappa shape index (κ1) is 19.4. The first-order chi connectivity index (χ1) is 9.57. The molecule has 0 aliphatic rings. The molecule has 1 rings (SSSR count). The van der Waals surface area contributed by atoms with Crippen molar-refractivity contribution in [2.45, 2.75) is 84.7 Å². The van der Waals surface area contributed by atoms with Crippen molar-refractivity contribution >= 4 is 16.6 Å². The van der Waals surface area contributed by atoms with Crippen LogP contribution in [-0.4, -0.2) is 16.6 Å². The van der Waals surface area contributed by atoms with E-state index >= 15 is 0 Å². The molecule has 0 bridgehead atoms. The molecule has 22 heavy (non-hydrogen) atoms. The highest BCUT2D eigenvalue weighted by molar-refractivity contribution is 6.75. The van der Waals surface area contributed by atoms with Crippen molar-refractivity contribution in [3.8, 4) is 11.9 Å². The first-order valence-corrected chi connectivity index (χ1v) is 13.9. The third-order valence-corrected chi connectivity index (χ3v) is 13.8. The van der Waals surface area contributed by atoms with Crippen LogP contribution in [0.5, 0.6) is 11.9 Å². The molecule has 0 spiro atoms. The van der Waals surface area contributed by atoms with Crippen LogP contribution in [0.2, 0.25) is 36.3 Å². The van der Waals surface area contributed by atoms with Gasteiger partial charge in [-0.1, -0.05) is 41.5 Å². The van der Waals surface area contributed by atoms with Gasteiger partial charge in [0.05, 0.1) is 0 Å². The van der Waals surface area contributed by atoms with E-state index in [4.69, 9.17) is 13.3 Å². The van der Waals surface area contributed by atoms with Crippen LogP contribution in [0, 0.1) is 6.92 Å². The average molecular weight is 343 g/mol. The summed E-state index contributed by atoms with van der Waals surface area (Å²) in [7, 11) is -3.79. The molecule has 0 atom stereocenters. The van der Waals surface area contributed by atoms with Crippen LogP contribution in [0.25, 0.3) is 0 Å². The SMILES string of the molecule is Cc1cc(O[Si](C)(C)C(C)(C)C)oc1O[Si](C)(C)C(C)(C)C. The van der Waals surface area contributed by atoms with E-state index in [1.54, 1.807) is 0 Å². The Balaban J connectivity index is 2.99. The van der Waals surface area contributed by atoms with Gasteiger partial charge in [-0.25, -0.2) is 0 Å². The van der Waals surface area contributed by atoms with Crippen molar-refractivity contribution in [2.75, 3.05) is 0 Å². The second kappa shape index (κ2) is 5.75. The molecule has 0 radical (unpaired) electrons. The lowest BCUT2D eigenvalue weighted by molar-refractivity contribution is 0.304. The fraction of sp³-hybridized carbons (Fsp3) is 0.765. The zero-order chi connectivity index (χ0) is 17.6. The van der Waals surface area contributed by atoms with Gasteiger partial charge >= 0.3 is 0 Å².